The van der Waals surface area contributed by atoms with Crippen LogP contribution in [0.5, 0.6) is 0 Å². The van der Waals surface area contributed by atoms with E-state index in [0.29, 0.717) is 25.1 Å². The van der Waals surface area contributed by atoms with Gasteiger partial charge in [0.15, 0.2) is 0 Å². The summed E-state index contributed by atoms with van der Waals surface area (Å²) in [6.07, 6.45) is 2.36. The minimum absolute atomic E-state index is 0.0319. The van der Waals surface area contributed by atoms with Crippen LogP contribution in [0, 0.1) is 5.92 Å². The molecule has 0 N–H and O–H groups in total. The first kappa shape index (κ1) is 10.2. The molecule has 2 heterocycles. The van der Waals surface area contributed by atoms with Gasteiger partial charge in [-0.1, -0.05) is 13.5 Å². The molecule has 2 fully saturated rings. The molecule has 2 rings (SSSR count). The van der Waals surface area contributed by atoms with Crippen LogP contribution in [0.1, 0.15) is 26.2 Å². The van der Waals surface area contributed by atoms with Gasteiger partial charge in [-0.2, -0.15) is 0 Å². The molecule has 0 aromatic heterocycles. The second kappa shape index (κ2) is 3.68. The Balaban J connectivity index is 2.30. The van der Waals surface area contributed by atoms with E-state index in [2.05, 4.69) is 6.58 Å². The maximum atomic E-state index is 12.0. The smallest absolute Gasteiger partial charge is 0.268 e. The molecule has 0 spiro atoms. The first-order valence-corrected chi connectivity index (χ1v) is 5.42. The van der Waals surface area contributed by atoms with Crippen LogP contribution < -0.4 is 0 Å². The van der Waals surface area contributed by atoms with Crippen molar-refractivity contribution in [3.05, 3.63) is 12.2 Å². The Morgan fingerprint density at radius 3 is 2.47 bits per heavy atom. The molecule has 1 unspecified atom stereocenters. The van der Waals surface area contributed by atoms with Gasteiger partial charge in [-0.25, -0.2) is 5.01 Å². The molecule has 0 aromatic rings. The summed E-state index contributed by atoms with van der Waals surface area (Å²) in [5.74, 6) is -0.0575. The highest BCUT2D eigenvalue weighted by Gasteiger charge is 2.35. The van der Waals surface area contributed by atoms with Crippen LogP contribution in [0.25, 0.3) is 0 Å². The molecule has 2 aliphatic rings. The molecule has 0 radical (unpaired) electrons. The van der Waals surface area contributed by atoms with Crippen LogP contribution in [-0.2, 0) is 9.59 Å². The zero-order chi connectivity index (χ0) is 11.0. The lowest BCUT2D eigenvalue weighted by molar-refractivity contribution is -0.163. The molecule has 0 bridgehead atoms. The Morgan fingerprint density at radius 1 is 1.20 bits per heavy atom. The number of hydrogen-bond acceptors (Lipinski definition) is 2. The van der Waals surface area contributed by atoms with Crippen molar-refractivity contribution in [1.82, 2.24) is 10.0 Å². The van der Waals surface area contributed by atoms with E-state index in [1.165, 1.54) is 0 Å². The van der Waals surface area contributed by atoms with Gasteiger partial charge in [0.05, 0.1) is 0 Å². The summed E-state index contributed by atoms with van der Waals surface area (Å²) >= 11 is 0. The molecule has 2 aliphatic heterocycles. The number of fused-ring (bicyclic) bond motifs is 1. The van der Waals surface area contributed by atoms with Crippen molar-refractivity contribution in [1.29, 1.82) is 0 Å². The standard InChI is InChI=1S/C11H16N2O2/c1-8-7-10(14)12-5-3-4-6-13(12)11(15)9(8)2/h8H,2-7H2,1H3. The molecule has 82 valence electrons. The van der Waals surface area contributed by atoms with E-state index in [-0.39, 0.29) is 17.7 Å². The van der Waals surface area contributed by atoms with E-state index in [1.807, 2.05) is 6.92 Å². The van der Waals surface area contributed by atoms with E-state index in [1.54, 1.807) is 10.0 Å². The van der Waals surface area contributed by atoms with Gasteiger partial charge < -0.3 is 0 Å². The lowest BCUT2D eigenvalue weighted by atomic mass is 9.99. The number of amides is 2. The van der Waals surface area contributed by atoms with Gasteiger partial charge in [-0.3, -0.25) is 14.6 Å². The quantitative estimate of drug-likeness (QED) is 0.556. The van der Waals surface area contributed by atoms with Crippen LogP contribution in [-0.4, -0.2) is 34.9 Å². The molecule has 0 aromatic carbocycles. The Bertz CT molecular complexity index is 325. The van der Waals surface area contributed by atoms with Crippen molar-refractivity contribution in [3.8, 4) is 0 Å². The molecular weight excluding hydrogens is 192 g/mol. The molecular formula is C11H16N2O2. The normalized spacial score (nSPS) is 27.8. The van der Waals surface area contributed by atoms with Crippen molar-refractivity contribution in [2.45, 2.75) is 26.2 Å². The van der Waals surface area contributed by atoms with Crippen molar-refractivity contribution in [2.75, 3.05) is 13.1 Å². The highest BCUT2D eigenvalue weighted by atomic mass is 16.2. The highest BCUT2D eigenvalue weighted by molar-refractivity contribution is 5.97. The number of carbonyl (C=O) groups excluding carboxylic acids is 2. The molecule has 2 amide bonds. The third-order valence-corrected chi connectivity index (χ3v) is 3.15. The van der Waals surface area contributed by atoms with E-state index < -0.39 is 0 Å². The van der Waals surface area contributed by atoms with Crippen LogP contribution in [0.3, 0.4) is 0 Å². The Hall–Kier alpha value is -1.32. The van der Waals surface area contributed by atoms with Crippen LogP contribution in [0.4, 0.5) is 0 Å². The maximum Gasteiger partial charge on any atom is 0.268 e. The Labute approximate surface area is 89.5 Å². The molecule has 0 saturated carbocycles. The van der Waals surface area contributed by atoms with Gasteiger partial charge in [0, 0.05) is 25.1 Å². The third-order valence-electron chi connectivity index (χ3n) is 3.15. The topological polar surface area (TPSA) is 40.6 Å². The number of hydrogen-bond donors (Lipinski definition) is 0. The molecule has 4 nitrogen and oxygen atoms in total. The molecule has 0 aliphatic carbocycles. The molecule has 2 saturated heterocycles. The van der Waals surface area contributed by atoms with Crippen molar-refractivity contribution >= 4 is 11.8 Å². The fourth-order valence-corrected chi connectivity index (χ4v) is 2.10. The zero-order valence-corrected chi connectivity index (χ0v) is 9.03. The van der Waals surface area contributed by atoms with Crippen molar-refractivity contribution < 1.29 is 9.59 Å². The molecule has 1 atom stereocenters. The highest BCUT2D eigenvalue weighted by Crippen LogP contribution is 2.25. The fraction of sp³-hybridized carbons (Fsp3) is 0.636. The van der Waals surface area contributed by atoms with Gasteiger partial charge in [0.25, 0.3) is 5.91 Å². The summed E-state index contributed by atoms with van der Waals surface area (Å²) in [7, 11) is 0. The second-order valence-electron chi connectivity index (χ2n) is 4.28. The van der Waals surface area contributed by atoms with E-state index >= 15 is 0 Å². The fourth-order valence-electron chi connectivity index (χ4n) is 2.10. The Kier molecular flexibility index (Phi) is 2.50. The van der Waals surface area contributed by atoms with E-state index in [4.69, 9.17) is 0 Å². The number of nitrogens with zero attached hydrogens (tertiary/aromatic N) is 2. The number of rotatable bonds is 0. The minimum Gasteiger partial charge on any atom is -0.273 e. The summed E-state index contributed by atoms with van der Waals surface area (Å²) < 4.78 is 0. The first-order valence-electron chi connectivity index (χ1n) is 5.42. The van der Waals surface area contributed by atoms with Crippen molar-refractivity contribution in [3.63, 3.8) is 0 Å². The summed E-state index contributed by atoms with van der Waals surface area (Å²) in [5, 5.41) is 3.16. The van der Waals surface area contributed by atoms with Gasteiger partial charge in [0.2, 0.25) is 5.91 Å². The van der Waals surface area contributed by atoms with Crippen molar-refractivity contribution in [2.24, 2.45) is 5.92 Å². The predicted molar refractivity (Wildman–Crippen MR) is 55.6 cm³/mol. The van der Waals surface area contributed by atoms with Gasteiger partial charge in [-0.05, 0) is 18.8 Å². The van der Waals surface area contributed by atoms with E-state index in [9.17, 15) is 9.59 Å². The van der Waals surface area contributed by atoms with Gasteiger partial charge >= 0.3 is 0 Å². The molecule has 15 heavy (non-hydrogen) atoms. The van der Waals surface area contributed by atoms with E-state index in [0.717, 1.165) is 12.8 Å². The average Bonchev–Trinajstić information content (AvgIpc) is 2.33. The SMILES string of the molecule is C=C1C(=O)N2CCCCN2C(=O)CC1C. The third kappa shape index (κ3) is 1.64. The summed E-state index contributed by atoms with van der Waals surface area (Å²) in [6, 6.07) is 0. The largest absolute Gasteiger partial charge is 0.273 e. The second-order valence-corrected chi connectivity index (χ2v) is 4.28. The van der Waals surface area contributed by atoms with Crippen LogP contribution in [0.15, 0.2) is 12.2 Å². The van der Waals surface area contributed by atoms with Crippen LogP contribution >= 0.6 is 0 Å². The first-order chi connectivity index (χ1) is 7.11. The summed E-state index contributed by atoms with van der Waals surface area (Å²) in [6.45, 7) is 7.00. The monoisotopic (exact) mass is 208 g/mol. The van der Waals surface area contributed by atoms with Crippen LogP contribution in [0.2, 0.25) is 0 Å². The number of hydrazine groups is 1. The zero-order valence-electron chi connectivity index (χ0n) is 9.03. The van der Waals surface area contributed by atoms with Gasteiger partial charge in [0.1, 0.15) is 0 Å². The maximum absolute atomic E-state index is 12.0. The Morgan fingerprint density at radius 2 is 1.80 bits per heavy atom. The summed E-state index contributed by atoms with van der Waals surface area (Å²) in [4.78, 5) is 23.8. The number of carbonyl (C=O) groups is 2. The minimum atomic E-state index is -0.0759. The molecule has 4 heteroatoms. The average molecular weight is 208 g/mol. The summed E-state index contributed by atoms with van der Waals surface area (Å²) in [5.41, 5.74) is 0.563. The lowest BCUT2D eigenvalue weighted by Crippen LogP contribution is -2.51. The van der Waals surface area contributed by atoms with Gasteiger partial charge in [-0.15, -0.1) is 0 Å². The predicted octanol–water partition coefficient (Wildman–Crippen LogP) is 0.948. The lowest BCUT2D eigenvalue weighted by Gasteiger charge is -2.37.